The van der Waals surface area contributed by atoms with Gasteiger partial charge in [0, 0.05) is 0 Å². The lowest BCUT2D eigenvalue weighted by Crippen LogP contribution is -2.50. The first-order valence-corrected chi connectivity index (χ1v) is 20.3. The Morgan fingerprint density at radius 2 is 1.30 bits per heavy atom. The Labute approximate surface area is 272 Å². The van der Waals surface area contributed by atoms with Crippen LogP contribution in [0.2, 0.25) is 12.1 Å². The van der Waals surface area contributed by atoms with Crippen LogP contribution in [0.5, 0.6) is 0 Å². The molecular formula is C42H76B. The van der Waals surface area contributed by atoms with Gasteiger partial charge in [-0.05, 0) is 102 Å². The molecule has 5 aliphatic rings. The summed E-state index contributed by atoms with van der Waals surface area (Å²) in [6.07, 6.45) is 30.4. The molecule has 5 rings (SSSR count). The van der Waals surface area contributed by atoms with Crippen LogP contribution >= 0.6 is 0 Å². The van der Waals surface area contributed by atoms with Gasteiger partial charge in [0.1, 0.15) is 7.28 Å². The average Bonchev–Trinajstić information content (AvgIpc) is 3.57. The van der Waals surface area contributed by atoms with Crippen LogP contribution in [0.25, 0.3) is 0 Å². The molecule has 0 nitrogen and oxygen atoms in total. The number of hydrogen-bond donors (Lipinski definition) is 0. The maximum Gasteiger partial charge on any atom is 0.114 e. The molecule has 1 heteroatoms. The molecule has 0 aliphatic heterocycles. The molecule has 0 saturated heterocycles. The first kappa shape index (κ1) is 34.4. The fraction of sp³-hybridized carbons (Fsp3) is 1.00. The maximum atomic E-state index is 2.76. The molecule has 11 atom stereocenters. The zero-order valence-corrected chi connectivity index (χ0v) is 30.6. The molecular weight excluding hydrogens is 515 g/mol. The van der Waals surface area contributed by atoms with Gasteiger partial charge in [-0.3, -0.25) is 0 Å². The van der Waals surface area contributed by atoms with E-state index in [-0.39, 0.29) is 0 Å². The molecule has 0 aromatic rings. The second-order valence-electron chi connectivity index (χ2n) is 19.3. The summed E-state index contributed by atoms with van der Waals surface area (Å²) in [4.78, 5) is 0. The van der Waals surface area contributed by atoms with E-state index in [2.05, 4.69) is 62.7 Å². The lowest BCUT2D eigenvalue weighted by Gasteiger charge is -2.56. The van der Waals surface area contributed by atoms with Crippen LogP contribution in [-0.2, 0) is 0 Å². The van der Waals surface area contributed by atoms with Crippen molar-refractivity contribution in [1.82, 2.24) is 0 Å². The van der Waals surface area contributed by atoms with E-state index < -0.39 is 0 Å². The second-order valence-corrected chi connectivity index (χ2v) is 19.3. The van der Waals surface area contributed by atoms with Crippen LogP contribution in [0.4, 0.5) is 0 Å². The van der Waals surface area contributed by atoms with Crippen molar-refractivity contribution in [2.75, 3.05) is 0 Å². The molecule has 0 amide bonds. The van der Waals surface area contributed by atoms with E-state index in [1.165, 1.54) is 64.1 Å². The Hall–Kier alpha value is 0.0649. The van der Waals surface area contributed by atoms with Crippen molar-refractivity contribution in [3.63, 3.8) is 0 Å². The van der Waals surface area contributed by atoms with Crippen LogP contribution < -0.4 is 0 Å². The molecule has 5 fully saturated rings. The van der Waals surface area contributed by atoms with E-state index in [1.807, 2.05) is 0 Å². The van der Waals surface area contributed by atoms with Crippen molar-refractivity contribution in [2.24, 2.45) is 75.9 Å². The molecule has 0 aromatic heterocycles. The number of rotatable bonds is 12. The minimum atomic E-state index is 0.371. The summed E-state index contributed by atoms with van der Waals surface area (Å²) >= 11 is 0. The Kier molecular flexibility index (Phi) is 11.9. The minimum absolute atomic E-state index is 0.371. The van der Waals surface area contributed by atoms with Crippen LogP contribution in [0.15, 0.2) is 0 Å². The lowest BCUT2D eigenvalue weighted by molar-refractivity contribution is -0.0790. The Bertz CT molecular complexity index is 830. The Balaban J connectivity index is 1.27. The predicted octanol–water partition coefficient (Wildman–Crippen LogP) is 13.3. The normalized spacial score (nSPS) is 38.8. The predicted molar refractivity (Wildman–Crippen MR) is 191 cm³/mol. The highest BCUT2D eigenvalue weighted by Crippen LogP contribution is 2.65. The van der Waals surface area contributed by atoms with E-state index in [0.29, 0.717) is 10.8 Å². The molecule has 0 aromatic carbocycles. The van der Waals surface area contributed by atoms with Crippen LogP contribution in [-0.4, -0.2) is 7.28 Å². The fourth-order valence-corrected chi connectivity index (χ4v) is 12.3. The fourth-order valence-electron chi connectivity index (χ4n) is 12.3. The van der Waals surface area contributed by atoms with Gasteiger partial charge in [-0.15, -0.1) is 0 Å². The molecule has 0 N–H and O–H groups in total. The molecule has 247 valence electrons. The average molecular weight is 592 g/mol. The monoisotopic (exact) mass is 592 g/mol. The Morgan fingerprint density at radius 3 is 2.00 bits per heavy atom. The molecule has 0 spiro atoms. The number of hydrogen-bond acceptors (Lipinski definition) is 0. The largest absolute Gasteiger partial charge is 0.114 e. The third-order valence-electron chi connectivity index (χ3n) is 15.9. The third-order valence-corrected chi connectivity index (χ3v) is 15.9. The summed E-state index contributed by atoms with van der Waals surface area (Å²) < 4.78 is 0. The summed E-state index contributed by atoms with van der Waals surface area (Å²) in [5.74, 6) is 12.5. The van der Waals surface area contributed by atoms with Gasteiger partial charge in [-0.2, -0.15) is 0 Å². The van der Waals surface area contributed by atoms with Crippen molar-refractivity contribution >= 4 is 7.28 Å². The highest BCUT2D eigenvalue weighted by Gasteiger charge is 2.58. The van der Waals surface area contributed by atoms with Crippen LogP contribution in [0.3, 0.4) is 0 Å². The molecule has 1 radical (unpaired) electrons. The van der Waals surface area contributed by atoms with Gasteiger partial charge < -0.3 is 0 Å². The van der Waals surface area contributed by atoms with Gasteiger partial charge in [-0.1, -0.05) is 164 Å². The Morgan fingerprint density at radius 1 is 0.651 bits per heavy atom. The molecule has 0 heterocycles. The van der Waals surface area contributed by atoms with Gasteiger partial charge in [0.2, 0.25) is 0 Å². The van der Waals surface area contributed by atoms with Gasteiger partial charge in [0.25, 0.3) is 0 Å². The number of unbranched alkanes of at least 4 members (excludes halogenated alkanes) is 1. The number of fused-ring (bicyclic) bond motifs is 3. The summed E-state index contributed by atoms with van der Waals surface area (Å²) in [5, 5.41) is 0. The molecule has 0 bridgehead atoms. The van der Waals surface area contributed by atoms with Gasteiger partial charge in [-0.25, -0.2) is 0 Å². The van der Waals surface area contributed by atoms with Crippen molar-refractivity contribution in [2.45, 2.75) is 190 Å². The molecule has 5 aliphatic carbocycles. The van der Waals surface area contributed by atoms with E-state index in [0.717, 1.165) is 70.9 Å². The zero-order chi connectivity index (χ0) is 30.8. The first-order valence-electron chi connectivity index (χ1n) is 20.3. The van der Waals surface area contributed by atoms with E-state index in [1.54, 1.807) is 64.2 Å². The smallest absolute Gasteiger partial charge is 0.0744 e. The van der Waals surface area contributed by atoms with Gasteiger partial charge in [0.15, 0.2) is 0 Å². The molecule has 43 heavy (non-hydrogen) atoms. The van der Waals surface area contributed by atoms with Gasteiger partial charge in [0.05, 0.1) is 0 Å². The zero-order valence-electron chi connectivity index (χ0n) is 30.6. The maximum absolute atomic E-state index is 2.76. The van der Waals surface area contributed by atoms with Crippen molar-refractivity contribution in [3.05, 3.63) is 0 Å². The summed E-state index contributed by atoms with van der Waals surface area (Å²) in [6, 6.07) is 0. The summed E-state index contributed by atoms with van der Waals surface area (Å²) in [5.41, 5.74) is 0.753. The molecule has 5 saturated carbocycles. The van der Waals surface area contributed by atoms with E-state index >= 15 is 0 Å². The van der Waals surface area contributed by atoms with Crippen LogP contribution in [0, 0.1) is 75.9 Å². The topological polar surface area (TPSA) is 0 Å². The van der Waals surface area contributed by atoms with Crippen molar-refractivity contribution in [1.29, 1.82) is 0 Å². The van der Waals surface area contributed by atoms with Crippen LogP contribution in [0.1, 0.15) is 177 Å². The first-order chi connectivity index (χ1) is 20.5. The van der Waals surface area contributed by atoms with E-state index in [9.17, 15) is 0 Å². The second kappa shape index (κ2) is 14.9. The summed E-state index contributed by atoms with van der Waals surface area (Å²) in [6.45, 7) is 20.1. The molecule has 11 unspecified atom stereocenters. The highest BCUT2D eigenvalue weighted by atomic mass is 14.6. The lowest BCUT2D eigenvalue weighted by atomic mass is 9.49. The third kappa shape index (κ3) is 7.80. The van der Waals surface area contributed by atoms with E-state index in [4.69, 9.17) is 0 Å². The highest BCUT2D eigenvalue weighted by molar-refractivity contribution is 6.37. The standard InChI is InChI=1S/C42H76B/c1-9-34(43-28-42(7,8)41(4,5)6)23-15-13-19-30(3)37-27-33-26-32-22-17-25-36(32)38(33)39(31-20-11-10-12-21-31)40(37)35-24-16-14-18-29(35)2/h29-40H,9-28H2,1-8H3. The minimum Gasteiger partial charge on any atom is -0.0744 e. The van der Waals surface area contributed by atoms with Crippen molar-refractivity contribution in [3.8, 4) is 0 Å². The van der Waals surface area contributed by atoms with Crippen molar-refractivity contribution < 1.29 is 0 Å². The van der Waals surface area contributed by atoms with Gasteiger partial charge >= 0.3 is 0 Å². The quantitative estimate of drug-likeness (QED) is 0.156. The summed E-state index contributed by atoms with van der Waals surface area (Å²) in [7, 11) is 2.72. The SMILES string of the molecule is CCC([B]CC(C)(C)C(C)(C)C)CCCCC(C)C1CC2CC3CCCC3C2C(C2CCCCC2)C1C1CCCCC1C.